The molecular formula is C23H20N2O2. The number of carbonyl (C=O) groups is 2. The molecule has 2 aliphatic rings. The molecule has 27 heavy (non-hydrogen) atoms. The topological polar surface area (TPSA) is 58.2 Å². The average molecular weight is 356 g/mol. The van der Waals surface area contributed by atoms with Gasteiger partial charge in [0.05, 0.1) is 18.9 Å². The van der Waals surface area contributed by atoms with E-state index in [0.717, 1.165) is 29.7 Å². The first-order chi connectivity index (χ1) is 13.2. The molecule has 1 aliphatic heterocycles. The number of aryl methyl sites for hydroxylation is 1. The molecule has 1 aliphatic carbocycles. The number of carbonyl (C=O) groups excluding carboxylic acids is 2. The zero-order valence-corrected chi connectivity index (χ0v) is 14.9. The van der Waals surface area contributed by atoms with Gasteiger partial charge in [-0.05, 0) is 51.9 Å². The summed E-state index contributed by atoms with van der Waals surface area (Å²) >= 11 is 0. The zero-order chi connectivity index (χ0) is 18.4. The van der Waals surface area contributed by atoms with Crippen LogP contribution in [0.3, 0.4) is 0 Å². The van der Waals surface area contributed by atoms with E-state index in [0.29, 0.717) is 12.8 Å². The van der Waals surface area contributed by atoms with E-state index in [1.165, 1.54) is 21.9 Å². The summed E-state index contributed by atoms with van der Waals surface area (Å²) in [6.45, 7) is 0. The number of rotatable bonds is 3. The van der Waals surface area contributed by atoms with Crippen molar-refractivity contribution in [1.82, 2.24) is 5.32 Å². The zero-order valence-electron chi connectivity index (χ0n) is 14.9. The minimum absolute atomic E-state index is 0.0144. The van der Waals surface area contributed by atoms with Crippen LogP contribution < -0.4 is 10.6 Å². The summed E-state index contributed by atoms with van der Waals surface area (Å²) in [5.74, 6) is 0.0289. The Bertz CT molecular complexity index is 1080. The fraction of sp³-hybridized carbons (Fsp3) is 0.217. The quantitative estimate of drug-likeness (QED) is 0.752. The molecule has 4 nitrogen and oxygen atoms in total. The lowest BCUT2D eigenvalue weighted by atomic mass is 9.85. The number of nitrogens with one attached hydrogen (secondary N) is 2. The van der Waals surface area contributed by atoms with E-state index in [-0.39, 0.29) is 17.9 Å². The number of amides is 2. The first-order valence-corrected chi connectivity index (χ1v) is 9.39. The number of anilines is 1. The van der Waals surface area contributed by atoms with Crippen LogP contribution >= 0.6 is 0 Å². The van der Waals surface area contributed by atoms with Crippen molar-refractivity contribution in [1.29, 1.82) is 0 Å². The largest absolute Gasteiger partial charge is 0.349 e. The molecular weight excluding hydrogens is 336 g/mol. The molecule has 0 saturated carbocycles. The molecule has 0 radical (unpaired) electrons. The van der Waals surface area contributed by atoms with E-state index in [4.69, 9.17) is 0 Å². The Hall–Kier alpha value is -3.14. The molecule has 1 unspecified atom stereocenters. The molecule has 134 valence electrons. The third-order valence-electron chi connectivity index (χ3n) is 5.60. The molecule has 2 N–H and O–H groups in total. The van der Waals surface area contributed by atoms with E-state index < -0.39 is 0 Å². The van der Waals surface area contributed by atoms with E-state index >= 15 is 0 Å². The van der Waals surface area contributed by atoms with Gasteiger partial charge >= 0.3 is 0 Å². The third-order valence-corrected chi connectivity index (χ3v) is 5.60. The smallest absolute Gasteiger partial charge is 0.228 e. The number of hydrogen-bond donors (Lipinski definition) is 2. The highest BCUT2D eigenvalue weighted by atomic mass is 16.2. The Balaban J connectivity index is 1.36. The van der Waals surface area contributed by atoms with Crippen molar-refractivity contribution in [2.75, 3.05) is 5.32 Å². The van der Waals surface area contributed by atoms with Crippen molar-refractivity contribution >= 4 is 28.3 Å². The Morgan fingerprint density at radius 3 is 2.81 bits per heavy atom. The molecule has 0 bridgehead atoms. The van der Waals surface area contributed by atoms with Crippen LogP contribution in [0.2, 0.25) is 0 Å². The van der Waals surface area contributed by atoms with Crippen LogP contribution in [-0.4, -0.2) is 11.8 Å². The van der Waals surface area contributed by atoms with Crippen LogP contribution in [0.5, 0.6) is 0 Å². The van der Waals surface area contributed by atoms with Crippen molar-refractivity contribution in [3.05, 3.63) is 76.9 Å². The minimum atomic E-state index is 0.0144. The third kappa shape index (κ3) is 2.87. The molecule has 3 aromatic rings. The van der Waals surface area contributed by atoms with Crippen LogP contribution in [0.25, 0.3) is 10.8 Å². The van der Waals surface area contributed by atoms with Gasteiger partial charge in [-0.15, -0.1) is 0 Å². The van der Waals surface area contributed by atoms with E-state index in [1.54, 1.807) is 0 Å². The van der Waals surface area contributed by atoms with Crippen LogP contribution in [0.1, 0.15) is 34.7 Å². The summed E-state index contributed by atoms with van der Waals surface area (Å²) in [6.07, 6.45) is 2.64. The first-order valence-electron chi connectivity index (χ1n) is 9.39. The van der Waals surface area contributed by atoms with Gasteiger partial charge in [0, 0.05) is 5.69 Å². The van der Waals surface area contributed by atoms with Crippen molar-refractivity contribution in [3.63, 3.8) is 0 Å². The monoisotopic (exact) mass is 356 g/mol. The predicted octanol–water partition coefficient (Wildman–Crippen LogP) is 3.68. The number of fused-ring (bicyclic) bond motifs is 1. The van der Waals surface area contributed by atoms with Gasteiger partial charge in [-0.2, -0.15) is 0 Å². The number of hydrogen-bond acceptors (Lipinski definition) is 2. The summed E-state index contributed by atoms with van der Waals surface area (Å²) in [6, 6.07) is 18.6. The molecule has 5 rings (SSSR count). The van der Waals surface area contributed by atoms with E-state index in [1.807, 2.05) is 18.2 Å². The van der Waals surface area contributed by atoms with Crippen molar-refractivity contribution in [3.8, 4) is 0 Å². The summed E-state index contributed by atoms with van der Waals surface area (Å²) in [5.41, 5.74) is 5.33. The molecule has 0 spiro atoms. The Labute approximate surface area is 157 Å². The maximum atomic E-state index is 12.7. The van der Waals surface area contributed by atoms with Crippen LogP contribution in [0, 0.1) is 0 Å². The molecule has 0 aromatic heterocycles. The first kappa shape index (κ1) is 16.1. The van der Waals surface area contributed by atoms with Crippen LogP contribution in [0.4, 0.5) is 5.69 Å². The van der Waals surface area contributed by atoms with Gasteiger partial charge in [0.2, 0.25) is 11.8 Å². The minimum Gasteiger partial charge on any atom is -0.349 e. The Morgan fingerprint density at radius 1 is 1.07 bits per heavy atom. The fourth-order valence-corrected chi connectivity index (χ4v) is 4.36. The maximum Gasteiger partial charge on any atom is 0.228 e. The highest BCUT2D eigenvalue weighted by molar-refractivity contribution is 5.99. The summed E-state index contributed by atoms with van der Waals surface area (Å²) < 4.78 is 0. The second kappa shape index (κ2) is 6.23. The lowest BCUT2D eigenvalue weighted by Gasteiger charge is -2.26. The van der Waals surface area contributed by atoms with Crippen molar-refractivity contribution < 1.29 is 9.59 Å². The molecule has 1 atom stereocenters. The van der Waals surface area contributed by atoms with Crippen molar-refractivity contribution in [2.45, 2.75) is 31.7 Å². The maximum absolute atomic E-state index is 12.7. The Kier molecular flexibility index (Phi) is 3.71. The summed E-state index contributed by atoms with van der Waals surface area (Å²) in [7, 11) is 0. The molecule has 1 heterocycles. The van der Waals surface area contributed by atoms with Gasteiger partial charge in [0.15, 0.2) is 0 Å². The van der Waals surface area contributed by atoms with Crippen LogP contribution in [-0.2, 0) is 28.9 Å². The summed E-state index contributed by atoms with van der Waals surface area (Å²) in [4.78, 5) is 24.2. The lowest BCUT2D eigenvalue weighted by Crippen LogP contribution is -2.31. The van der Waals surface area contributed by atoms with Gasteiger partial charge in [-0.3, -0.25) is 9.59 Å². The standard InChI is InChI=1S/C23H20N2O2/c26-21(12-14-7-8-17-13-22(27)25-20(17)11-14)24-19-10-9-16-4-1-3-15-5-2-6-18(19)23(15)16/h1-8,11,19H,9-10,12-13H2,(H,24,26)(H,25,27). The average Bonchev–Trinajstić information content (AvgIpc) is 3.03. The SMILES string of the molecule is O=C1Cc2ccc(CC(=O)NC3CCc4cccc5cccc3c45)cc2N1. The molecule has 3 aromatic carbocycles. The normalized spacial score (nSPS) is 17.5. The lowest BCUT2D eigenvalue weighted by molar-refractivity contribution is -0.121. The van der Waals surface area contributed by atoms with Gasteiger partial charge in [0.1, 0.15) is 0 Å². The number of benzene rings is 3. The van der Waals surface area contributed by atoms with Gasteiger partial charge in [-0.25, -0.2) is 0 Å². The van der Waals surface area contributed by atoms with Gasteiger partial charge in [0.25, 0.3) is 0 Å². The van der Waals surface area contributed by atoms with Crippen LogP contribution in [0.15, 0.2) is 54.6 Å². The fourth-order valence-electron chi connectivity index (χ4n) is 4.36. The van der Waals surface area contributed by atoms with E-state index in [9.17, 15) is 9.59 Å². The van der Waals surface area contributed by atoms with Gasteiger partial charge in [-0.1, -0.05) is 48.5 Å². The highest BCUT2D eigenvalue weighted by Crippen LogP contribution is 2.35. The molecule has 0 saturated heterocycles. The Morgan fingerprint density at radius 2 is 1.93 bits per heavy atom. The predicted molar refractivity (Wildman–Crippen MR) is 106 cm³/mol. The van der Waals surface area contributed by atoms with Gasteiger partial charge < -0.3 is 10.6 Å². The molecule has 2 amide bonds. The van der Waals surface area contributed by atoms with E-state index in [2.05, 4.69) is 47.0 Å². The van der Waals surface area contributed by atoms with Crippen molar-refractivity contribution in [2.24, 2.45) is 0 Å². The summed E-state index contributed by atoms with van der Waals surface area (Å²) in [5, 5.41) is 8.59. The second-order valence-corrected chi connectivity index (χ2v) is 7.41. The molecule has 4 heteroatoms. The second-order valence-electron chi connectivity index (χ2n) is 7.41. The molecule has 0 fully saturated rings. The highest BCUT2D eigenvalue weighted by Gasteiger charge is 2.23.